The van der Waals surface area contributed by atoms with Crippen LogP contribution < -0.4 is 21.2 Å². The molecule has 2 aliphatic heterocycles. The maximum absolute atomic E-state index is 13.2. The SMILES string of the molecule is CCn1c(=O)n([C@H]2CCCN(c3nccc(-c4cc5ccccc5o4)n3)C2)c2ccccc21.CCn1c(=O)n([C@H]2CCCN(c3nccc(-c4cc5ccccc5o4)n3)C2)c2ccccc21. The second-order valence-corrected chi connectivity index (χ2v) is 17.0. The molecule has 14 heteroatoms. The van der Waals surface area contributed by atoms with Gasteiger partial charge < -0.3 is 18.6 Å². The van der Waals surface area contributed by atoms with E-state index in [0.29, 0.717) is 38.1 Å². The molecule has 0 N–H and O–H groups in total. The third kappa shape index (κ3) is 7.41. The van der Waals surface area contributed by atoms with Crippen LogP contribution in [0.15, 0.2) is 152 Å². The summed E-state index contributed by atoms with van der Waals surface area (Å²) >= 11 is 0. The Hall–Kier alpha value is -7.74. The Bertz CT molecular complexity index is 3190. The van der Waals surface area contributed by atoms with Gasteiger partial charge in [-0.3, -0.25) is 18.3 Å². The number of aryl methyl sites for hydroxylation is 2. The first-order valence-electron chi connectivity index (χ1n) is 23.0. The molecule has 10 aromatic rings. The van der Waals surface area contributed by atoms with E-state index < -0.39 is 0 Å². The number of piperidine rings is 2. The van der Waals surface area contributed by atoms with Crippen molar-refractivity contribution < 1.29 is 8.83 Å². The lowest BCUT2D eigenvalue weighted by atomic mass is 10.1. The molecule has 0 unspecified atom stereocenters. The van der Waals surface area contributed by atoms with Crippen LogP contribution in [0.4, 0.5) is 11.9 Å². The molecule has 0 bridgehead atoms. The van der Waals surface area contributed by atoms with Gasteiger partial charge in [0.05, 0.1) is 34.2 Å². The highest BCUT2D eigenvalue weighted by atomic mass is 16.3. The number of imidazole rings is 2. The van der Waals surface area contributed by atoms with Gasteiger partial charge in [-0.2, -0.15) is 0 Å². The fraction of sp³-hybridized carbons (Fsp3) is 0.269. The summed E-state index contributed by atoms with van der Waals surface area (Å²) in [7, 11) is 0. The number of para-hydroxylation sites is 6. The van der Waals surface area contributed by atoms with Crippen LogP contribution in [0, 0.1) is 0 Å². The smallest absolute Gasteiger partial charge is 0.329 e. The lowest BCUT2D eigenvalue weighted by Gasteiger charge is -2.33. The van der Waals surface area contributed by atoms with E-state index in [1.165, 1.54) is 0 Å². The van der Waals surface area contributed by atoms with Gasteiger partial charge >= 0.3 is 11.4 Å². The quantitative estimate of drug-likeness (QED) is 0.145. The zero-order valence-corrected chi connectivity index (χ0v) is 37.0. The summed E-state index contributed by atoms with van der Waals surface area (Å²) in [6, 6.07) is 39.9. The number of nitrogens with zero attached hydrogens (tertiary/aromatic N) is 10. The monoisotopic (exact) mass is 878 g/mol. The van der Waals surface area contributed by atoms with E-state index in [1.807, 2.05) is 153 Å². The molecule has 2 aliphatic rings. The van der Waals surface area contributed by atoms with Gasteiger partial charge in [-0.1, -0.05) is 60.7 Å². The molecular formula is C52H50N10O4. The predicted octanol–water partition coefficient (Wildman–Crippen LogP) is 9.74. The van der Waals surface area contributed by atoms with Crippen molar-refractivity contribution in [1.29, 1.82) is 0 Å². The first-order valence-corrected chi connectivity index (χ1v) is 23.0. The van der Waals surface area contributed by atoms with E-state index >= 15 is 0 Å². The highest BCUT2D eigenvalue weighted by Gasteiger charge is 2.29. The summed E-state index contributed by atoms with van der Waals surface area (Å²) < 4.78 is 19.7. The minimum absolute atomic E-state index is 0.0579. The van der Waals surface area contributed by atoms with Crippen molar-refractivity contribution >= 4 is 55.9 Å². The van der Waals surface area contributed by atoms with Crippen LogP contribution in [-0.2, 0) is 13.1 Å². The second-order valence-electron chi connectivity index (χ2n) is 17.0. The van der Waals surface area contributed by atoms with Crippen LogP contribution in [0.3, 0.4) is 0 Å². The van der Waals surface area contributed by atoms with E-state index in [9.17, 15) is 9.59 Å². The molecule has 12 rings (SSSR count). The van der Waals surface area contributed by atoms with E-state index in [1.54, 1.807) is 12.4 Å². The molecule has 0 amide bonds. The van der Waals surface area contributed by atoms with E-state index in [2.05, 4.69) is 19.8 Å². The third-order valence-electron chi connectivity index (χ3n) is 13.1. The van der Waals surface area contributed by atoms with Crippen LogP contribution in [0.2, 0.25) is 0 Å². The molecule has 66 heavy (non-hydrogen) atoms. The van der Waals surface area contributed by atoms with Crippen molar-refractivity contribution in [2.75, 3.05) is 36.0 Å². The van der Waals surface area contributed by atoms with Crippen LogP contribution in [0.1, 0.15) is 51.6 Å². The minimum Gasteiger partial charge on any atom is -0.454 e. The standard InChI is InChI=1S/2C26H25N5O2/c2*1-2-30-21-10-4-5-11-22(21)31(26(30)32)19-9-7-15-29(17-19)25-27-14-13-20(28-25)24-16-18-8-3-6-12-23(18)33-24/h2*3-6,8,10-14,16,19H,2,7,9,15,17H2,1H3/t2*19-/m00/s1. The third-order valence-corrected chi connectivity index (χ3v) is 13.1. The van der Waals surface area contributed by atoms with Crippen molar-refractivity contribution in [1.82, 2.24) is 38.2 Å². The summed E-state index contributed by atoms with van der Waals surface area (Å²) in [6.45, 7) is 8.47. The molecular weight excluding hydrogens is 829 g/mol. The topological polar surface area (TPSA) is 138 Å². The fourth-order valence-corrected chi connectivity index (χ4v) is 9.97. The maximum atomic E-state index is 13.2. The number of anilines is 2. The van der Waals surface area contributed by atoms with Crippen molar-refractivity contribution in [3.05, 3.63) is 155 Å². The maximum Gasteiger partial charge on any atom is 0.329 e. The molecule has 14 nitrogen and oxygen atoms in total. The Morgan fingerprint density at radius 2 is 0.939 bits per heavy atom. The molecule has 6 aromatic heterocycles. The molecule has 0 aliphatic carbocycles. The number of rotatable bonds is 8. The average molecular weight is 879 g/mol. The zero-order chi connectivity index (χ0) is 44.7. The van der Waals surface area contributed by atoms with E-state index in [0.717, 1.165) is 106 Å². The fourth-order valence-electron chi connectivity index (χ4n) is 9.97. The van der Waals surface area contributed by atoms with Gasteiger partial charge in [0.2, 0.25) is 11.9 Å². The molecule has 332 valence electrons. The molecule has 0 saturated carbocycles. The van der Waals surface area contributed by atoms with Crippen LogP contribution in [0.5, 0.6) is 0 Å². The molecule has 8 heterocycles. The summed E-state index contributed by atoms with van der Waals surface area (Å²) in [4.78, 5) is 49.6. The highest BCUT2D eigenvalue weighted by Crippen LogP contribution is 2.32. The van der Waals surface area contributed by atoms with Gasteiger partial charge in [-0.25, -0.2) is 29.5 Å². The largest absolute Gasteiger partial charge is 0.454 e. The first kappa shape index (κ1) is 41.0. The molecule has 2 fully saturated rings. The minimum atomic E-state index is 0.0579. The van der Waals surface area contributed by atoms with Crippen molar-refractivity contribution in [2.24, 2.45) is 0 Å². The van der Waals surface area contributed by atoms with Gasteiger partial charge in [0.1, 0.15) is 22.6 Å². The normalized spacial score (nSPS) is 16.6. The van der Waals surface area contributed by atoms with Crippen molar-refractivity contribution in [3.63, 3.8) is 0 Å². The van der Waals surface area contributed by atoms with Crippen LogP contribution >= 0.6 is 0 Å². The van der Waals surface area contributed by atoms with Gasteiger partial charge in [-0.05, 0) is 100 Å². The number of benzene rings is 4. The number of aromatic nitrogens is 8. The lowest BCUT2D eigenvalue weighted by Crippen LogP contribution is -2.40. The van der Waals surface area contributed by atoms with Gasteiger partial charge in [0.25, 0.3) is 0 Å². The molecule has 2 saturated heterocycles. The number of furan rings is 2. The Balaban J connectivity index is 0.000000146. The number of fused-ring (bicyclic) bond motifs is 4. The predicted molar refractivity (Wildman–Crippen MR) is 259 cm³/mol. The van der Waals surface area contributed by atoms with E-state index in [-0.39, 0.29) is 23.5 Å². The molecule has 0 spiro atoms. The van der Waals surface area contributed by atoms with Gasteiger partial charge in [0.15, 0.2) is 11.5 Å². The Labute approximate surface area is 380 Å². The van der Waals surface area contributed by atoms with Crippen molar-refractivity contribution in [3.8, 4) is 22.9 Å². The van der Waals surface area contributed by atoms with Crippen LogP contribution in [-0.4, -0.2) is 64.4 Å². The lowest BCUT2D eigenvalue weighted by molar-refractivity contribution is 0.397. The second kappa shape index (κ2) is 17.3. The highest BCUT2D eigenvalue weighted by molar-refractivity contribution is 5.83. The number of hydrogen-bond acceptors (Lipinski definition) is 10. The summed E-state index contributed by atoms with van der Waals surface area (Å²) in [5.41, 5.74) is 7.30. The molecule has 0 radical (unpaired) electrons. The molecule has 4 aromatic carbocycles. The summed E-state index contributed by atoms with van der Waals surface area (Å²) in [6.07, 6.45) is 7.42. The Morgan fingerprint density at radius 3 is 1.36 bits per heavy atom. The van der Waals surface area contributed by atoms with E-state index in [4.69, 9.17) is 18.8 Å². The zero-order valence-electron chi connectivity index (χ0n) is 37.0. The Morgan fingerprint density at radius 1 is 0.530 bits per heavy atom. The average Bonchev–Trinajstić information content (AvgIpc) is 4.14. The summed E-state index contributed by atoms with van der Waals surface area (Å²) in [5, 5.41) is 2.11. The Kier molecular flexibility index (Phi) is 10.8. The van der Waals surface area contributed by atoms with Crippen molar-refractivity contribution in [2.45, 2.75) is 64.7 Å². The van der Waals surface area contributed by atoms with Gasteiger partial charge in [-0.15, -0.1) is 0 Å². The summed E-state index contributed by atoms with van der Waals surface area (Å²) in [5.74, 6) is 2.81. The first-order chi connectivity index (χ1) is 32.4. The number of hydrogen-bond donors (Lipinski definition) is 0. The molecule has 2 atom stereocenters. The van der Waals surface area contributed by atoms with Gasteiger partial charge in [0, 0.05) is 62.4 Å². The van der Waals surface area contributed by atoms with Crippen LogP contribution in [0.25, 0.3) is 66.9 Å².